The SMILES string of the molecule is C=C(OCCCC)c1cnc(N)c2c(C#Cc3ccc4csnc4c3)nn(C3CCN(C(=O)OC(C)(C)C)C3)c12. The second kappa shape index (κ2) is 11.2. The topological polar surface area (TPSA) is 108 Å². The van der Waals surface area contributed by atoms with E-state index < -0.39 is 5.60 Å². The first kappa shape index (κ1) is 27.5. The number of benzene rings is 1. The maximum Gasteiger partial charge on any atom is 0.410 e. The number of rotatable bonds is 6. The number of nitrogens with two attached hydrogens (primary N) is 1. The molecule has 3 aromatic heterocycles. The van der Waals surface area contributed by atoms with Crippen LogP contribution in [-0.4, -0.2) is 55.4 Å². The van der Waals surface area contributed by atoms with Gasteiger partial charge in [0.05, 0.1) is 34.6 Å². The smallest absolute Gasteiger partial charge is 0.410 e. The van der Waals surface area contributed by atoms with Gasteiger partial charge < -0.3 is 20.1 Å². The standard InChI is InChI=1S/C30H34N6O3S/c1-6-7-14-38-19(2)23-16-32-28(31)26-24(11-9-20-8-10-21-18-40-34-25(21)15-20)33-36(27(23)26)22-12-13-35(17-22)29(37)39-30(3,4)5/h8,10,15-16,18,22H,2,6-7,12-14,17H2,1,3-5H3,(H2,31,32). The van der Waals surface area contributed by atoms with Gasteiger partial charge in [-0.25, -0.2) is 9.78 Å². The molecule has 1 aliphatic rings. The average molecular weight is 559 g/mol. The van der Waals surface area contributed by atoms with Crippen molar-refractivity contribution < 1.29 is 14.3 Å². The number of amides is 1. The van der Waals surface area contributed by atoms with Gasteiger partial charge in [-0.1, -0.05) is 31.9 Å². The molecule has 1 aliphatic heterocycles. The zero-order valence-corrected chi connectivity index (χ0v) is 24.2. The number of hydrogen-bond donors (Lipinski definition) is 1. The highest BCUT2D eigenvalue weighted by molar-refractivity contribution is 7.04. The molecule has 40 heavy (non-hydrogen) atoms. The minimum absolute atomic E-state index is 0.110. The Labute approximate surface area is 238 Å². The molecule has 1 fully saturated rings. The van der Waals surface area contributed by atoms with Crippen molar-refractivity contribution in [3.05, 3.63) is 53.2 Å². The van der Waals surface area contributed by atoms with Crippen LogP contribution in [0.3, 0.4) is 0 Å². The Balaban J connectivity index is 1.56. The maximum absolute atomic E-state index is 12.8. The Morgan fingerprint density at radius 1 is 1.30 bits per heavy atom. The van der Waals surface area contributed by atoms with Crippen LogP contribution in [0.25, 0.3) is 27.6 Å². The van der Waals surface area contributed by atoms with Crippen LogP contribution in [0.5, 0.6) is 0 Å². The summed E-state index contributed by atoms with van der Waals surface area (Å²) >= 11 is 1.42. The van der Waals surface area contributed by atoms with Crippen molar-refractivity contribution in [2.75, 3.05) is 25.4 Å². The van der Waals surface area contributed by atoms with E-state index in [4.69, 9.17) is 20.3 Å². The molecule has 0 bridgehead atoms. The number of fused-ring (bicyclic) bond motifs is 2. The van der Waals surface area contributed by atoms with Gasteiger partial charge in [0.2, 0.25) is 0 Å². The molecule has 4 aromatic rings. The zero-order chi connectivity index (χ0) is 28.4. The van der Waals surface area contributed by atoms with Crippen molar-refractivity contribution >= 4 is 51.0 Å². The van der Waals surface area contributed by atoms with Gasteiger partial charge in [-0.05, 0) is 63.2 Å². The van der Waals surface area contributed by atoms with Gasteiger partial charge in [0.15, 0.2) is 0 Å². The largest absolute Gasteiger partial charge is 0.493 e. The lowest BCUT2D eigenvalue weighted by Crippen LogP contribution is -2.35. The molecule has 1 unspecified atom stereocenters. The summed E-state index contributed by atoms with van der Waals surface area (Å²) < 4.78 is 17.9. The van der Waals surface area contributed by atoms with E-state index in [0.717, 1.165) is 34.8 Å². The van der Waals surface area contributed by atoms with E-state index in [0.29, 0.717) is 54.3 Å². The highest BCUT2D eigenvalue weighted by atomic mass is 32.1. The summed E-state index contributed by atoms with van der Waals surface area (Å²) in [5.41, 5.74) is 9.58. The molecule has 0 aliphatic carbocycles. The molecule has 1 amide bonds. The maximum atomic E-state index is 12.8. The number of carbonyl (C=O) groups is 1. The molecule has 1 saturated heterocycles. The van der Waals surface area contributed by atoms with Crippen LogP contribution in [0.4, 0.5) is 10.6 Å². The number of aromatic nitrogens is 4. The Bertz CT molecular complexity index is 1640. The number of nitrogen functional groups attached to an aromatic ring is 1. The van der Waals surface area contributed by atoms with Crippen LogP contribution < -0.4 is 5.73 Å². The van der Waals surface area contributed by atoms with Crippen LogP contribution in [-0.2, 0) is 9.47 Å². The van der Waals surface area contributed by atoms with Gasteiger partial charge >= 0.3 is 6.09 Å². The first-order chi connectivity index (χ1) is 19.1. The highest BCUT2D eigenvalue weighted by Crippen LogP contribution is 2.35. The summed E-state index contributed by atoms with van der Waals surface area (Å²) in [6, 6.07) is 5.83. The normalized spacial score (nSPS) is 15.3. The molecule has 0 radical (unpaired) electrons. The van der Waals surface area contributed by atoms with E-state index in [-0.39, 0.29) is 12.1 Å². The van der Waals surface area contributed by atoms with Gasteiger partial charge in [0, 0.05) is 35.6 Å². The summed E-state index contributed by atoms with van der Waals surface area (Å²) in [4.78, 5) is 19.0. The summed E-state index contributed by atoms with van der Waals surface area (Å²) in [6.45, 7) is 13.4. The average Bonchev–Trinajstić information content (AvgIpc) is 3.65. The molecular formula is C30H34N6O3S. The van der Waals surface area contributed by atoms with E-state index in [2.05, 4.69) is 34.7 Å². The molecule has 208 valence electrons. The Morgan fingerprint density at radius 2 is 2.12 bits per heavy atom. The van der Waals surface area contributed by atoms with E-state index >= 15 is 0 Å². The minimum Gasteiger partial charge on any atom is -0.493 e. The van der Waals surface area contributed by atoms with E-state index in [9.17, 15) is 4.79 Å². The lowest BCUT2D eigenvalue weighted by Gasteiger charge is -2.24. The summed E-state index contributed by atoms with van der Waals surface area (Å²) in [5, 5.41) is 8.68. The zero-order valence-electron chi connectivity index (χ0n) is 23.4. The van der Waals surface area contributed by atoms with Crippen LogP contribution >= 0.6 is 11.5 Å². The van der Waals surface area contributed by atoms with Crippen molar-refractivity contribution in [2.45, 2.75) is 58.6 Å². The van der Waals surface area contributed by atoms with Gasteiger partial charge in [0.1, 0.15) is 22.9 Å². The first-order valence-electron chi connectivity index (χ1n) is 13.5. The second-order valence-electron chi connectivity index (χ2n) is 10.9. The fourth-order valence-electron chi connectivity index (χ4n) is 4.67. The van der Waals surface area contributed by atoms with Gasteiger partial charge in [0.25, 0.3) is 0 Å². The second-order valence-corrected chi connectivity index (χ2v) is 11.5. The van der Waals surface area contributed by atoms with Crippen LogP contribution in [0.2, 0.25) is 0 Å². The van der Waals surface area contributed by atoms with Gasteiger partial charge in [-0.2, -0.15) is 9.47 Å². The third-order valence-corrected chi connectivity index (χ3v) is 7.34. The minimum atomic E-state index is -0.571. The number of pyridine rings is 1. The molecule has 1 aromatic carbocycles. The Hall–Kier alpha value is -4.10. The van der Waals surface area contributed by atoms with E-state index in [1.165, 1.54) is 11.5 Å². The van der Waals surface area contributed by atoms with Crippen molar-refractivity contribution in [1.82, 2.24) is 24.0 Å². The van der Waals surface area contributed by atoms with Crippen molar-refractivity contribution in [3.63, 3.8) is 0 Å². The van der Waals surface area contributed by atoms with E-state index in [1.54, 1.807) is 11.1 Å². The van der Waals surface area contributed by atoms with Crippen molar-refractivity contribution in [1.29, 1.82) is 0 Å². The molecule has 10 heteroatoms. The predicted octanol–water partition coefficient (Wildman–Crippen LogP) is 5.99. The summed E-state index contributed by atoms with van der Waals surface area (Å²) in [7, 11) is 0. The number of anilines is 1. The lowest BCUT2D eigenvalue weighted by atomic mass is 10.1. The highest BCUT2D eigenvalue weighted by Gasteiger charge is 2.33. The van der Waals surface area contributed by atoms with Crippen LogP contribution in [0.15, 0.2) is 36.4 Å². The number of hydrogen-bond acceptors (Lipinski definition) is 8. The van der Waals surface area contributed by atoms with Gasteiger partial charge in [-0.15, -0.1) is 0 Å². The monoisotopic (exact) mass is 558 g/mol. The number of nitrogens with zero attached hydrogens (tertiary/aromatic N) is 5. The molecular weight excluding hydrogens is 524 g/mol. The number of likely N-dealkylation sites (tertiary alicyclic amines) is 1. The molecule has 9 nitrogen and oxygen atoms in total. The first-order valence-corrected chi connectivity index (χ1v) is 14.3. The quantitative estimate of drug-likeness (QED) is 0.176. The molecule has 4 heterocycles. The fourth-order valence-corrected chi connectivity index (χ4v) is 5.31. The molecule has 0 spiro atoms. The molecule has 0 saturated carbocycles. The lowest BCUT2D eigenvalue weighted by molar-refractivity contribution is 0.0288. The molecule has 5 rings (SSSR count). The number of carbonyl (C=O) groups excluding carboxylic acids is 1. The van der Waals surface area contributed by atoms with Crippen molar-refractivity contribution in [2.24, 2.45) is 0 Å². The van der Waals surface area contributed by atoms with Crippen molar-refractivity contribution in [3.8, 4) is 11.8 Å². The summed E-state index contributed by atoms with van der Waals surface area (Å²) in [5.74, 6) is 7.28. The van der Waals surface area contributed by atoms with Crippen LogP contribution in [0.1, 0.15) is 69.8 Å². The Kier molecular flexibility index (Phi) is 7.68. The fraction of sp³-hybridized carbons (Fsp3) is 0.400. The van der Waals surface area contributed by atoms with E-state index in [1.807, 2.05) is 49.0 Å². The summed E-state index contributed by atoms with van der Waals surface area (Å²) in [6.07, 6.45) is 3.97. The Morgan fingerprint density at radius 3 is 2.90 bits per heavy atom. The number of ether oxygens (including phenoxy) is 2. The van der Waals surface area contributed by atoms with Gasteiger partial charge in [-0.3, -0.25) is 4.68 Å². The third kappa shape index (κ3) is 5.75. The third-order valence-electron chi connectivity index (χ3n) is 6.68. The molecule has 2 N–H and O–H groups in total. The number of unbranched alkanes of at least 4 members (excludes halogenated alkanes) is 1. The molecule has 1 atom stereocenters. The van der Waals surface area contributed by atoms with Crippen LogP contribution in [0, 0.1) is 11.8 Å². The predicted molar refractivity (Wildman–Crippen MR) is 159 cm³/mol.